The van der Waals surface area contributed by atoms with Gasteiger partial charge in [-0.1, -0.05) is 6.07 Å². The van der Waals surface area contributed by atoms with Crippen LogP contribution >= 0.6 is 0 Å². The zero-order chi connectivity index (χ0) is 27.4. The normalized spacial score (nSPS) is 11.1. The van der Waals surface area contributed by atoms with Gasteiger partial charge in [0.25, 0.3) is 15.6 Å². The van der Waals surface area contributed by atoms with Crippen molar-refractivity contribution in [2.24, 2.45) is 0 Å². The molecule has 0 aliphatic rings. The summed E-state index contributed by atoms with van der Waals surface area (Å²) in [6.07, 6.45) is 2.94. The molecule has 0 saturated heterocycles. The molecule has 13 heteroatoms. The third kappa shape index (κ3) is 5.30. The second kappa shape index (κ2) is 10.7. The largest absolute Gasteiger partial charge is 0.480 e. The summed E-state index contributed by atoms with van der Waals surface area (Å²) in [5.41, 5.74) is 0.682. The highest BCUT2D eigenvalue weighted by Crippen LogP contribution is 2.31. The number of pyridine rings is 1. The Bertz CT molecular complexity index is 1760. The molecule has 0 saturated carbocycles. The second-order valence-electron chi connectivity index (χ2n) is 8.04. The average Bonchev–Trinajstić information content (AvgIpc) is 2.92. The molecule has 0 spiro atoms. The highest BCUT2D eigenvalue weighted by atomic mass is 32.2. The Morgan fingerprint density at radius 1 is 1.16 bits per heavy atom. The predicted molar refractivity (Wildman–Crippen MR) is 136 cm³/mol. The van der Waals surface area contributed by atoms with E-state index in [0.29, 0.717) is 22.0 Å². The molecule has 1 amide bonds. The van der Waals surface area contributed by atoms with E-state index in [9.17, 15) is 22.4 Å². The molecule has 2 N–H and O–H groups in total. The summed E-state index contributed by atoms with van der Waals surface area (Å²) < 4.78 is 48.5. The standard InChI is InChI=1S/C25H21FN6O5S/c1-28-23(33)7-8-32-14-30-21-6-3-15(10-19(21)25(32)34)17-11-22(24(37-2)29-13-17)31-38(35,36)18-4-5-20(26)16(9-18)12-27/h3-6,9-11,13-14,31H,7-8H2,1-2H3,(H,28,33). The van der Waals surface area contributed by atoms with Crippen molar-refractivity contribution in [2.75, 3.05) is 18.9 Å². The molecular weight excluding hydrogens is 515 g/mol. The number of aromatic nitrogens is 3. The number of hydrogen-bond acceptors (Lipinski definition) is 8. The third-order valence-electron chi connectivity index (χ3n) is 5.67. The minimum absolute atomic E-state index is 0.0119. The van der Waals surface area contributed by atoms with Crippen molar-refractivity contribution in [3.63, 3.8) is 0 Å². The first-order chi connectivity index (χ1) is 18.2. The van der Waals surface area contributed by atoms with Crippen LogP contribution in [0.4, 0.5) is 10.1 Å². The molecule has 0 fully saturated rings. The molecule has 0 aliphatic carbocycles. The van der Waals surface area contributed by atoms with Gasteiger partial charge in [-0.25, -0.2) is 22.8 Å². The van der Waals surface area contributed by atoms with Gasteiger partial charge in [0.05, 0.1) is 34.8 Å². The number of carbonyl (C=O) groups excluding carboxylic acids is 1. The van der Waals surface area contributed by atoms with Crippen LogP contribution in [0.2, 0.25) is 0 Å². The van der Waals surface area contributed by atoms with Gasteiger partial charge in [0.15, 0.2) is 0 Å². The van der Waals surface area contributed by atoms with E-state index in [0.717, 1.165) is 18.2 Å². The lowest BCUT2D eigenvalue weighted by atomic mass is 10.1. The van der Waals surface area contributed by atoms with E-state index in [2.05, 4.69) is 20.0 Å². The number of sulfonamides is 1. The lowest BCUT2D eigenvalue weighted by Crippen LogP contribution is -2.25. The number of amides is 1. The number of hydrogen-bond donors (Lipinski definition) is 2. The first kappa shape index (κ1) is 26.2. The molecule has 0 atom stereocenters. The summed E-state index contributed by atoms with van der Waals surface area (Å²) >= 11 is 0. The molecule has 2 aromatic heterocycles. The van der Waals surface area contributed by atoms with Gasteiger partial charge in [0.1, 0.15) is 17.6 Å². The van der Waals surface area contributed by atoms with Gasteiger partial charge in [-0.3, -0.25) is 18.9 Å². The molecule has 11 nitrogen and oxygen atoms in total. The van der Waals surface area contributed by atoms with E-state index in [1.54, 1.807) is 24.3 Å². The minimum Gasteiger partial charge on any atom is -0.480 e. The van der Waals surface area contributed by atoms with Gasteiger partial charge in [-0.15, -0.1) is 0 Å². The summed E-state index contributed by atoms with van der Waals surface area (Å²) in [4.78, 5) is 32.7. The van der Waals surface area contributed by atoms with Gasteiger partial charge in [-0.2, -0.15) is 5.26 Å². The summed E-state index contributed by atoms with van der Waals surface area (Å²) in [7, 11) is -1.42. The Hall–Kier alpha value is -4.83. The highest BCUT2D eigenvalue weighted by Gasteiger charge is 2.20. The summed E-state index contributed by atoms with van der Waals surface area (Å²) in [5.74, 6) is -1.08. The zero-order valence-corrected chi connectivity index (χ0v) is 21.0. The molecule has 2 aromatic carbocycles. The lowest BCUT2D eigenvalue weighted by Gasteiger charge is -2.13. The number of nitriles is 1. The Balaban J connectivity index is 1.72. The van der Waals surface area contributed by atoms with Crippen LogP contribution in [0, 0.1) is 17.1 Å². The summed E-state index contributed by atoms with van der Waals surface area (Å²) in [6, 6.07) is 10.9. The predicted octanol–water partition coefficient (Wildman–Crippen LogP) is 2.41. The zero-order valence-electron chi connectivity index (χ0n) is 20.2. The number of rotatable bonds is 8. The molecule has 4 rings (SSSR count). The number of carbonyl (C=O) groups is 1. The fourth-order valence-electron chi connectivity index (χ4n) is 3.65. The van der Waals surface area contributed by atoms with E-state index in [4.69, 9.17) is 10.00 Å². The maximum atomic E-state index is 13.7. The molecule has 0 aliphatic heterocycles. The van der Waals surface area contributed by atoms with Crippen molar-refractivity contribution in [1.82, 2.24) is 19.9 Å². The molecule has 194 valence electrons. The summed E-state index contributed by atoms with van der Waals surface area (Å²) in [5, 5.41) is 11.8. The van der Waals surface area contributed by atoms with E-state index in [-0.39, 0.29) is 40.9 Å². The van der Waals surface area contributed by atoms with E-state index in [1.165, 1.54) is 37.3 Å². The first-order valence-corrected chi connectivity index (χ1v) is 12.6. The van der Waals surface area contributed by atoms with Gasteiger partial charge >= 0.3 is 0 Å². The number of nitrogens with zero attached hydrogens (tertiary/aromatic N) is 4. The van der Waals surface area contributed by atoms with Crippen LogP contribution in [0.3, 0.4) is 0 Å². The van der Waals surface area contributed by atoms with Gasteiger partial charge in [-0.05, 0) is 42.0 Å². The molecule has 2 heterocycles. The average molecular weight is 537 g/mol. The Morgan fingerprint density at radius 3 is 2.66 bits per heavy atom. The van der Waals surface area contributed by atoms with Crippen LogP contribution in [0.1, 0.15) is 12.0 Å². The number of methoxy groups -OCH3 is 1. The van der Waals surface area contributed by atoms with Crippen LogP contribution in [0.25, 0.3) is 22.0 Å². The number of fused-ring (bicyclic) bond motifs is 1. The Labute approximate surface area is 216 Å². The molecular formula is C25H21FN6O5S. The number of halogens is 1. The van der Waals surface area contributed by atoms with Crippen LogP contribution in [-0.2, 0) is 21.4 Å². The molecule has 0 unspecified atom stereocenters. The first-order valence-electron chi connectivity index (χ1n) is 11.1. The topological polar surface area (TPSA) is 156 Å². The minimum atomic E-state index is -4.24. The van der Waals surface area contributed by atoms with Gasteiger partial charge < -0.3 is 10.1 Å². The van der Waals surface area contributed by atoms with Crippen molar-refractivity contribution in [1.29, 1.82) is 5.26 Å². The molecule has 4 aromatic rings. The van der Waals surface area contributed by atoms with Crippen LogP contribution in [-0.4, -0.2) is 43.0 Å². The van der Waals surface area contributed by atoms with E-state index < -0.39 is 21.4 Å². The number of benzene rings is 2. The number of ether oxygens (including phenoxy) is 1. The van der Waals surface area contributed by atoms with Gasteiger partial charge in [0.2, 0.25) is 11.8 Å². The van der Waals surface area contributed by atoms with Crippen molar-refractivity contribution in [3.8, 4) is 23.1 Å². The third-order valence-corrected chi connectivity index (χ3v) is 7.04. The maximum Gasteiger partial charge on any atom is 0.262 e. The van der Waals surface area contributed by atoms with Crippen LogP contribution in [0.5, 0.6) is 5.88 Å². The quantitative estimate of drug-likeness (QED) is 0.348. The van der Waals surface area contributed by atoms with Crippen LogP contribution < -0.4 is 20.3 Å². The molecule has 0 radical (unpaired) electrons. The van der Waals surface area contributed by atoms with Crippen molar-refractivity contribution in [3.05, 3.63) is 76.7 Å². The smallest absolute Gasteiger partial charge is 0.262 e. The SMILES string of the molecule is CNC(=O)CCn1cnc2ccc(-c3cnc(OC)c(NS(=O)(=O)c4ccc(F)c(C#N)c4)c3)cc2c1=O. The highest BCUT2D eigenvalue weighted by molar-refractivity contribution is 7.92. The monoisotopic (exact) mass is 536 g/mol. The fraction of sp³-hybridized carbons (Fsp3) is 0.160. The Morgan fingerprint density at radius 2 is 1.95 bits per heavy atom. The van der Waals surface area contributed by atoms with E-state index >= 15 is 0 Å². The number of anilines is 1. The van der Waals surface area contributed by atoms with E-state index in [1.807, 2.05) is 0 Å². The van der Waals surface area contributed by atoms with Crippen molar-refractivity contribution in [2.45, 2.75) is 17.9 Å². The summed E-state index contributed by atoms with van der Waals surface area (Å²) in [6.45, 7) is 0.151. The maximum absolute atomic E-state index is 13.7. The fourth-order valence-corrected chi connectivity index (χ4v) is 4.73. The van der Waals surface area contributed by atoms with Crippen molar-refractivity contribution < 1.29 is 22.3 Å². The number of nitrogens with one attached hydrogen (secondary N) is 2. The van der Waals surface area contributed by atoms with Crippen molar-refractivity contribution >= 4 is 32.5 Å². The molecule has 38 heavy (non-hydrogen) atoms. The van der Waals surface area contributed by atoms with Crippen LogP contribution in [0.15, 0.2) is 64.7 Å². The Kier molecular flexibility index (Phi) is 7.35. The molecule has 0 bridgehead atoms. The second-order valence-corrected chi connectivity index (χ2v) is 9.72. The number of aryl methyl sites for hydroxylation is 1. The lowest BCUT2D eigenvalue weighted by molar-refractivity contribution is -0.120. The van der Waals surface area contributed by atoms with Gasteiger partial charge in [0, 0.05) is 31.8 Å².